The van der Waals surface area contributed by atoms with Gasteiger partial charge in [-0.3, -0.25) is 9.78 Å². The summed E-state index contributed by atoms with van der Waals surface area (Å²) in [4.78, 5) is 18.8. The molecule has 3 saturated heterocycles. The van der Waals surface area contributed by atoms with Gasteiger partial charge in [0.2, 0.25) is 0 Å². The molecule has 6 rings (SSSR count). The van der Waals surface area contributed by atoms with Gasteiger partial charge in [0.25, 0.3) is 0 Å². The Bertz CT molecular complexity index is 939. The van der Waals surface area contributed by atoms with E-state index in [1.807, 2.05) is 30.5 Å². The third-order valence-electron chi connectivity index (χ3n) is 7.13. The van der Waals surface area contributed by atoms with E-state index < -0.39 is 0 Å². The van der Waals surface area contributed by atoms with Gasteiger partial charge >= 0.3 is 5.97 Å². The molecule has 5 nitrogen and oxygen atoms in total. The molecule has 0 amide bonds. The largest absolute Gasteiger partial charge is 0.497 e. The van der Waals surface area contributed by atoms with Crippen LogP contribution in [-0.4, -0.2) is 37.2 Å². The maximum absolute atomic E-state index is 12.7. The first-order valence-electron chi connectivity index (χ1n) is 10.8. The van der Waals surface area contributed by atoms with Gasteiger partial charge in [0, 0.05) is 35.9 Å². The third kappa shape index (κ3) is 3.42. The van der Waals surface area contributed by atoms with E-state index >= 15 is 0 Å². The number of ether oxygens (including phenoxy) is 2. The molecule has 2 bridgehead atoms. The topological polar surface area (TPSA) is 52.9 Å². The number of carbonyl (C=O) groups is 1. The number of fused-ring (bicyclic) bond motifs is 4. The Morgan fingerprint density at radius 1 is 1.31 bits per heavy atom. The monoisotopic (exact) mass is 393 g/mol. The number of pyridine rings is 1. The molecule has 1 unspecified atom stereocenters. The zero-order valence-corrected chi connectivity index (χ0v) is 17.0. The van der Waals surface area contributed by atoms with Crippen LogP contribution in [0.1, 0.15) is 37.4 Å². The van der Waals surface area contributed by atoms with Crippen LogP contribution in [0.2, 0.25) is 0 Å². The van der Waals surface area contributed by atoms with Gasteiger partial charge < -0.3 is 14.4 Å². The number of methoxy groups -OCH3 is 1. The summed E-state index contributed by atoms with van der Waals surface area (Å²) in [5.41, 5.74) is 1.97. The highest BCUT2D eigenvalue weighted by Crippen LogP contribution is 2.39. The summed E-state index contributed by atoms with van der Waals surface area (Å²) >= 11 is 0. The number of aromatic nitrogens is 1. The Hall–Kier alpha value is -2.40. The van der Waals surface area contributed by atoms with Crippen LogP contribution in [0.5, 0.6) is 5.75 Å². The molecule has 152 valence electrons. The maximum atomic E-state index is 12.7. The number of carbonyl (C=O) groups excluding carboxylic acids is 1. The number of esters is 1. The van der Waals surface area contributed by atoms with Crippen LogP contribution in [0.3, 0.4) is 0 Å². The second-order valence-corrected chi connectivity index (χ2v) is 8.82. The SMILES string of the molecule is C=C[C@H]1C[NH+]2CC[C@@H]1C[C@@H]2[C@@H](OC(=O)C1CC1)c1ccnc2ccc(OC)cc12. The molecule has 4 fully saturated rings. The van der Waals surface area contributed by atoms with Crippen molar-refractivity contribution < 1.29 is 19.2 Å². The molecule has 1 aliphatic carbocycles. The molecule has 1 saturated carbocycles. The van der Waals surface area contributed by atoms with E-state index in [4.69, 9.17) is 9.47 Å². The number of quaternary nitrogens is 1. The van der Waals surface area contributed by atoms with Gasteiger partial charge in [-0.25, -0.2) is 0 Å². The molecule has 0 spiro atoms. The Morgan fingerprint density at radius 2 is 2.17 bits per heavy atom. The van der Waals surface area contributed by atoms with Crippen LogP contribution in [0.25, 0.3) is 10.9 Å². The number of rotatable bonds is 6. The first-order chi connectivity index (χ1) is 14.2. The standard InChI is InChI=1S/C24H28N2O3/c1-3-15-14-26-11-9-17(15)12-22(26)23(29-24(27)16-4-5-16)19-8-10-25-21-7-6-18(28-2)13-20(19)21/h3,6-8,10,13,15-17,22-23H,1,4-5,9,11-12,14H2,2H3/p+1/t15-,17+,22+,23-/m0/s1. The summed E-state index contributed by atoms with van der Waals surface area (Å²) in [6, 6.07) is 8.24. The van der Waals surface area contributed by atoms with Crippen molar-refractivity contribution in [2.45, 2.75) is 37.8 Å². The van der Waals surface area contributed by atoms with Gasteiger partial charge in [-0.15, -0.1) is 6.58 Å². The highest BCUT2D eigenvalue weighted by molar-refractivity contribution is 5.84. The zero-order valence-electron chi connectivity index (χ0n) is 17.0. The van der Waals surface area contributed by atoms with Crippen molar-refractivity contribution in [3.63, 3.8) is 0 Å². The van der Waals surface area contributed by atoms with Crippen molar-refractivity contribution in [3.05, 3.63) is 48.7 Å². The number of benzene rings is 1. The predicted molar refractivity (Wildman–Crippen MR) is 111 cm³/mol. The summed E-state index contributed by atoms with van der Waals surface area (Å²) in [5, 5.41) is 1.02. The minimum absolute atomic E-state index is 0.0369. The summed E-state index contributed by atoms with van der Waals surface area (Å²) in [7, 11) is 1.67. The van der Waals surface area contributed by atoms with Gasteiger partial charge in [-0.1, -0.05) is 6.08 Å². The van der Waals surface area contributed by atoms with E-state index in [2.05, 4.69) is 17.6 Å². The molecular weight excluding hydrogens is 364 g/mol. The molecule has 3 aliphatic heterocycles. The summed E-state index contributed by atoms with van der Waals surface area (Å²) in [5.74, 6) is 2.06. The smallest absolute Gasteiger partial charge is 0.309 e. The molecule has 1 aromatic heterocycles. The number of hydrogen-bond donors (Lipinski definition) is 1. The van der Waals surface area contributed by atoms with Gasteiger partial charge in [0.05, 0.1) is 31.6 Å². The fourth-order valence-electron chi connectivity index (χ4n) is 5.32. The Morgan fingerprint density at radius 3 is 2.86 bits per heavy atom. The molecule has 4 aliphatic rings. The van der Waals surface area contributed by atoms with E-state index in [9.17, 15) is 4.79 Å². The lowest BCUT2D eigenvalue weighted by Gasteiger charge is -2.48. The van der Waals surface area contributed by atoms with Crippen molar-refractivity contribution in [1.82, 2.24) is 4.98 Å². The van der Waals surface area contributed by atoms with E-state index in [1.54, 1.807) is 12.0 Å². The van der Waals surface area contributed by atoms with Gasteiger partial charge in [0.15, 0.2) is 6.10 Å². The molecule has 5 heteroatoms. The van der Waals surface area contributed by atoms with Crippen LogP contribution >= 0.6 is 0 Å². The number of nitrogens with one attached hydrogen (secondary N) is 1. The summed E-state index contributed by atoms with van der Waals surface area (Å²) in [6.45, 7) is 6.28. The Labute approximate surface area is 171 Å². The van der Waals surface area contributed by atoms with Crippen LogP contribution < -0.4 is 9.64 Å². The zero-order chi connectivity index (χ0) is 20.0. The fraction of sp³-hybridized carbons (Fsp3) is 0.500. The lowest BCUT2D eigenvalue weighted by atomic mass is 9.73. The molecule has 4 heterocycles. The van der Waals surface area contributed by atoms with E-state index in [0.717, 1.165) is 54.6 Å². The lowest BCUT2D eigenvalue weighted by molar-refractivity contribution is -0.949. The molecule has 29 heavy (non-hydrogen) atoms. The average Bonchev–Trinajstić information content (AvgIpc) is 3.62. The fourth-order valence-corrected chi connectivity index (χ4v) is 5.32. The van der Waals surface area contributed by atoms with E-state index in [0.29, 0.717) is 11.8 Å². The minimum atomic E-state index is -0.246. The van der Waals surface area contributed by atoms with Crippen LogP contribution in [0.15, 0.2) is 43.1 Å². The van der Waals surface area contributed by atoms with E-state index in [1.165, 1.54) is 6.42 Å². The van der Waals surface area contributed by atoms with Crippen molar-refractivity contribution in [1.29, 1.82) is 0 Å². The molecule has 0 radical (unpaired) electrons. The molecule has 1 N–H and O–H groups in total. The van der Waals surface area contributed by atoms with Crippen molar-refractivity contribution in [3.8, 4) is 5.75 Å². The first kappa shape index (κ1) is 18.6. The first-order valence-corrected chi connectivity index (χ1v) is 10.8. The van der Waals surface area contributed by atoms with Crippen LogP contribution in [0, 0.1) is 17.8 Å². The Balaban J connectivity index is 1.55. The van der Waals surface area contributed by atoms with Crippen molar-refractivity contribution >= 4 is 16.9 Å². The van der Waals surface area contributed by atoms with Gasteiger partial charge in [-0.2, -0.15) is 0 Å². The molecular formula is C24H29N2O3+. The highest BCUT2D eigenvalue weighted by Gasteiger charge is 2.48. The maximum Gasteiger partial charge on any atom is 0.309 e. The molecule has 2 aromatic rings. The van der Waals surface area contributed by atoms with Crippen molar-refractivity contribution in [2.24, 2.45) is 17.8 Å². The molecule has 5 atom stereocenters. The second-order valence-electron chi connectivity index (χ2n) is 8.82. The second kappa shape index (κ2) is 7.45. The molecule has 1 aromatic carbocycles. The highest BCUT2D eigenvalue weighted by atomic mass is 16.5. The van der Waals surface area contributed by atoms with Gasteiger partial charge in [-0.05, 0) is 43.0 Å². The summed E-state index contributed by atoms with van der Waals surface area (Å²) in [6.07, 6.45) is 7.93. The minimum Gasteiger partial charge on any atom is -0.497 e. The van der Waals surface area contributed by atoms with Crippen LogP contribution in [-0.2, 0) is 9.53 Å². The normalized spacial score (nSPS) is 29.4. The lowest BCUT2D eigenvalue weighted by Crippen LogP contribution is -3.20. The number of piperidine rings is 3. The number of hydrogen-bond acceptors (Lipinski definition) is 4. The van der Waals surface area contributed by atoms with Crippen molar-refractivity contribution in [2.75, 3.05) is 20.2 Å². The third-order valence-corrected chi connectivity index (χ3v) is 7.13. The van der Waals surface area contributed by atoms with Gasteiger partial charge in [0.1, 0.15) is 11.8 Å². The number of nitrogens with zero attached hydrogens (tertiary/aromatic N) is 1. The van der Waals surface area contributed by atoms with E-state index in [-0.39, 0.29) is 24.0 Å². The predicted octanol–water partition coefficient (Wildman–Crippen LogP) is 2.72. The summed E-state index contributed by atoms with van der Waals surface area (Å²) < 4.78 is 11.7. The average molecular weight is 394 g/mol. The Kier molecular flexibility index (Phi) is 4.78. The quantitative estimate of drug-likeness (QED) is 0.606. The van der Waals surface area contributed by atoms with Crippen LogP contribution in [0.4, 0.5) is 0 Å².